The number of anilines is 1. The molecule has 0 bridgehead atoms. The molecule has 2 aromatic carbocycles. The van der Waals surface area contributed by atoms with Crippen molar-refractivity contribution in [3.63, 3.8) is 0 Å². The number of amides is 1. The van der Waals surface area contributed by atoms with Crippen molar-refractivity contribution in [1.82, 2.24) is 0 Å². The number of sulfone groups is 1. The van der Waals surface area contributed by atoms with Gasteiger partial charge >= 0.3 is 0 Å². The van der Waals surface area contributed by atoms with E-state index in [4.69, 9.17) is 4.74 Å². The summed E-state index contributed by atoms with van der Waals surface area (Å²) >= 11 is 0. The van der Waals surface area contributed by atoms with Crippen LogP contribution in [-0.4, -0.2) is 27.2 Å². The first-order valence-electron chi connectivity index (χ1n) is 7.57. The van der Waals surface area contributed by atoms with Crippen LogP contribution in [0.2, 0.25) is 0 Å². The molecule has 5 nitrogen and oxygen atoms in total. The number of methoxy groups -OCH3 is 1. The standard InChI is InChI=1S/C18H21NO4S/c1-13-6-4-5-7-17(13)19-18(20)14(2)12-24(21,22)16-10-8-15(23-3)9-11-16/h4-11,14H,12H2,1-3H3,(H,19,20). The highest BCUT2D eigenvalue weighted by atomic mass is 32.2. The van der Waals surface area contributed by atoms with Gasteiger partial charge in [-0.05, 0) is 42.8 Å². The number of carbonyl (C=O) groups excluding carboxylic acids is 1. The highest BCUT2D eigenvalue weighted by Crippen LogP contribution is 2.20. The molecule has 0 aliphatic rings. The van der Waals surface area contributed by atoms with Crippen molar-refractivity contribution in [1.29, 1.82) is 0 Å². The molecule has 1 amide bonds. The molecule has 0 spiro atoms. The van der Waals surface area contributed by atoms with Crippen LogP contribution in [-0.2, 0) is 14.6 Å². The first-order valence-corrected chi connectivity index (χ1v) is 9.22. The lowest BCUT2D eigenvalue weighted by Crippen LogP contribution is -2.27. The Morgan fingerprint density at radius 3 is 2.33 bits per heavy atom. The van der Waals surface area contributed by atoms with E-state index < -0.39 is 15.8 Å². The first-order chi connectivity index (χ1) is 11.3. The van der Waals surface area contributed by atoms with Crippen molar-refractivity contribution in [3.05, 3.63) is 54.1 Å². The maximum atomic E-state index is 12.4. The van der Waals surface area contributed by atoms with Crippen LogP contribution in [0.25, 0.3) is 0 Å². The van der Waals surface area contributed by atoms with Crippen molar-refractivity contribution in [3.8, 4) is 5.75 Å². The summed E-state index contributed by atoms with van der Waals surface area (Å²) in [5.41, 5.74) is 1.62. The number of hydrogen-bond donors (Lipinski definition) is 1. The average molecular weight is 347 g/mol. The summed E-state index contributed by atoms with van der Waals surface area (Å²) < 4.78 is 29.9. The van der Waals surface area contributed by atoms with E-state index in [2.05, 4.69) is 5.32 Å². The Bertz CT molecular complexity index is 813. The molecule has 6 heteroatoms. The Morgan fingerprint density at radius 2 is 1.75 bits per heavy atom. The van der Waals surface area contributed by atoms with Gasteiger partial charge in [0.05, 0.1) is 17.8 Å². The zero-order chi connectivity index (χ0) is 17.7. The molecule has 2 aromatic rings. The first kappa shape index (κ1) is 18.0. The molecular weight excluding hydrogens is 326 g/mol. The Balaban J connectivity index is 2.08. The van der Waals surface area contributed by atoms with Gasteiger partial charge in [0, 0.05) is 11.6 Å². The van der Waals surface area contributed by atoms with Gasteiger partial charge in [-0.3, -0.25) is 4.79 Å². The normalized spacial score (nSPS) is 12.5. The maximum Gasteiger partial charge on any atom is 0.228 e. The summed E-state index contributed by atoms with van der Waals surface area (Å²) in [5, 5.41) is 2.78. The minimum atomic E-state index is -3.55. The molecule has 0 fully saturated rings. The Kier molecular flexibility index (Phi) is 5.62. The van der Waals surface area contributed by atoms with E-state index in [0.29, 0.717) is 11.4 Å². The van der Waals surface area contributed by atoms with Gasteiger partial charge < -0.3 is 10.1 Å². The molecule has 0 radical (unpaired) electrons. The van der Waals surface area contributed by atoms with Crippen LogP contribution in [0.3, 0.4) is 0 Å². The average Bonchev–Trinajstić information content (AvgIpc) is 2.56. The van der Waals surface area contributed by atoms with E-state index in [1.165, 1.54) is 19.2 Å². The lowest BCUT2D eigenvalue weighted by Gasteiger charge is -2.14. The van der Waals surface area contributed by atoms with Gasteiger partial charge in [0.15, 0.2) is 9.84 Å². The third kappa shape index (κ3) is 4.35. The van der Waals surface area contributed by atoms with Crippen molar-refractivity contribution in [2.45, 2.75) is 18.7 Å². The van der Waals surface area contributed by atoms with Crippen LogP contribution in [0.1, 0.15) is 12.5 Å². The van der Waals surface area contributed by atoms with Gasteiger partial charge in [-0.25, -0.2) is 8.42 Å². The Morgan fingerprint density at radius 1 is 1.12 bits per heavy atom. The second kappa shape index (κ2) is 7.49. The quantitative estimate of drug-likeness (QED) is 0.872. The van der Waals surface area contributed by atoms with Crippen LogP contribution >= 0.6 is 0 Å². The molecule has 0 saturated heterocycles. The van der Waals surface area contributed by atoms with Crippen molar-refractivity contribution < 1.29 is 17.9 Å². The van der Waals surface area contributed by atoms with Crippen LogP contribution in [0.15, 0.2) is 53.4 Å². The molecule has 24 heavy (non-hydrogen) atoms. The molecule has 0 heterocycles. The van der Waals surface area contributed by atoms with Crippen LogP contribution < -0.4 is 10.1 Å². The number of rotatable bonds is 6. The van der Waals surface area contributed by atoms with Crippen LogP contribution in [0.4, 0.5) is 5.69 Å². The van der Waals surface area contributed by atoms with E-state index in [9.17, 15) is 13.2 Å². The van der Waals surface area contributed by atoms with Gasteiger partial charge in [0.25, 0.3) is 0 Å². The van der Waals surface area contributed by atoms with Crippen molar-refractivity contribution >= 4 is 21.4 Å². The zero-order valence-electron chi connectivity index (χ0n) is 13.9. The van der Waals surface area contributed by atoms with Crippen molar-refractivity contribution in [2.75, 3.05) is 18.2 Å². The van der Waals surface area contributed by atoms with Gasteiger partial charge in [-0.1, -0.05) is 25.1 Å². The fraction of sp³-hybridized carbons (Fsp3) is 0.278. The fourth-order valence-electron chi connectivity index (χ4n) is 2.25. The lowest BCUT2D eigenvalue weighted by molar-refractivity contribution is -0.118. The highest BCUT2D eigenvalue weighted by Gasteiger charge is 2.23. The summed E-state index contributed by atoms with van der Waals surface area (Å²) in [6.07, 6.45) is 0. The second-order valence-corrected chi connectivity index (χ2v) is 7.70. The molecule has 128 valence electrons. The predicted molar refractivity (Wildman–Crippen MR) is 94.0 cm³/mol. The van der Waals surface area contributed by atoms with E-state index in [0.717, 1.165) is 5.56 Å². The number of para-hydroxylation sites is 1. The number of carbonyl (C=O) groups is 1. The topological polar surface area (TPSA) is 72.5 Å². The molecule has 1 atom stereocenters. The summed E-state index contributed by atoms with van der Waals surface area (Å²) in [5.74, 6) is -0.658. The molecule has 0 aromatic heterocycles. The third-order valence-corrected chi connectivity index (χ3v) is 5.67. The van der Waals surface area contributed by atoms with E-state index in [1.54, 1.807) is 25.1 Å². The number of hydrogen-bond acceptors (Lipinski definition) is 4. The lowest BCUT2D eigenvalue weighted by atomic mass is 10.1. The van der Waals surface area contributed by atoms with Gasteiger partial charge in [0.2, 0.25) is 5.91 Å². The predicted octanol–water partition coefficient (Wildman–Crippen LogP) is 3.05. The van der Waals surface area contributed by atoms with Crippen LogP contribution in [0.5, 0.6) is 5.75 Å². The van der Waals surface area contributed by atoms with Gasteiger partial charge in [0.1, 0.15) is 5.75 Å². The molecule has 1 unspecified atom stereocenters. The molecule has 0 aliphatic heterocycles. The van der Waals surface area contributed by atoms with Crippen LogP contribution in [0, 0.1) is 12.8 Å². The second-order valence-electron chi connectivity index (χ2n) is 5.66. The summed E-state index contributed by atoms with van der Waals surface area (Å²) in [7, 11) is -2.03. The number of aryl methyl sites for hydroxylation is 1. The smallest absolute Gasteiger partial charge is 0.228 e. The summed E-state index contributed by atoms with van der Waals surface area (Å²) in [6, 6.07) is 13.5. The van der Waals surface area contributed by atoms with E-state index in [1.807, 2.05) is 25.1 Å². The minimum absolute atomic E-state index is 0.179. The molecule has 1 N–H and O–H groups in total. The Hall–Kier alpha value is -2.34. The zero-order valence-corrected chi connectivity index (χ0v) is 14.8. The number of benzene rings is 2. The molecule has 0 aliphatic carbocycles. The highest BCUT2D eigenvalue weighted by molar-refractivity contribution is 7.91. The molecule has 2 rings (SSSR count). The number of ether oxygens (including phenoxy) is 1. The van der Waals surface area contributed by atoms with Crippen molar-refractivity contribution in [2.24, 2.45) is 5.92 Å². The molecule has 0 saturated carbocycles. The summed E-state index contributed by atoms with van der Waals surface area (Å²) in [4.78, 5) is 12.5. The fourth-order valence-corrected chi connectivity index (χ4v) is 3.81. The Labute approximate surface area is 142 Å². The largest absolute Gasteiger partial charge is 0.497 e. The monoisotopic (exact) mass is 347 g/mol. The SMILES string of the molecule is COc1ccc(S(=O)(=O)CC(C)C(=O)Nc2ccccc2C)cc1. The number of nitrogens with one attached hydrogen (secondary N) is 1. The summed E-state index contributed by atoms with van der Waals surface area (Å²) in [6.45, 7) is 3.49. The van der Waals surface area contributed by atoms with Gasteiger partial charge in [-0.2, -0.15) is 0 Å². The third-order valence-electron chi connectivity index (χ3n) is 3.74. The minimum Gasteiger partial charge on any atom is -0.497 e. The van der Waals surface area contributed by atoms with E-state index >= 15 is 0 Å². The van der Waals surface area contributed by atoms with E-state index in [-0.39, 0.29) is 16.6 Å². The molecular formula is C18H21NO4S. The maximum absolute atomic E-state index is 12.4. The van der Waals surface area contributed by atoms with Gasteiger partial charge in [-0.15, -0.1) is 0 Å².